The van der Waals surface area contributed by atoms with Gasteiger partial charge >= 0.3 is 0 Å². The number of halogens is 1. The number of ether oxygens (including phenoxy) is 2. The van der Waals surface area contributed by atoms with Crippen LogP contribution in [0.5, 0.6) is 5.75 Å². The van der Waals surface area contributed by atoms with Crippen molar-refractivity contribution in [2.75, 3.05) is 23.9 Å². The van der Waals surface area contributed by atoms with Crippen LogP contribution in [0.3, 0.4) is 0 Å². The third kappa shape index (κ3) is 4.82. The summed E-state index contributed by atoms with van der Waals surface area (Å²) < 4.78 is 27.3. The lowest BCUT2D eigenvalue weighted by atomic mass is 9.82. The molecule has 4 atom stereocenters. The molecule has 0 unspecified atom stereocenters. The predicted octanol–water partition coefficient (Wildman–Crippen LogP) is 5.65. The van der Waals surface area contributed by atoms with E-state index in [4.69, 9.17) is 9.47 Å². The molecular weight excluding hydrogens is 527 g/mol. The number of para-hydroxylation sites is 1. The molecule has 40 heavy (non-hydrogen) atoms. The number of benzene rings is 3. The van der Waals surface area contributed by atoms with Gasteiger partial charge in [-0.05, 0) is 67.5 Å². The summed E-state index contributed by atoms with van der Waals surface area (Å²) in [6.45, 7) is 5.32. The van der Waals surface area contributed by atoms with Gasteiger partial charge in [0, 0.05) is 34.9 Å². The van der Waals surface area contributed by atoms with Crippen molar-refractivity contribution in [1.82, 2.24) is 0 Å². The standard InChI is InChI=1S/C31H35FN2O5Si/c1-20-28(40(3,4)32)27(16-17-35)39-31(20)25-10-5-6-11-26(25)34(30(31)37)19-21-8-7-9-23(18-21)33-29(36)22-12-14-24(38-2)15-13-22/h5-15,18,20,27-28,35H,16-17,19H2,1-4H3,(H,33,36)/t20-,27+,28-,31+/m0/s1. The summed E-state index contributed by atoms with van der Waals surface area (Å²) in [5, 5.41) is 12.6. The SMILES string of the molecule is COc1ccc(C(=O)Nc2cccc(CN3C(=O)[C@]4(O[C@H](CCO)[C@@H]([Si](C)(C)F)[C@@H]4C)c4ccccc43)c2)cc1. The van der Waals surface area contributed by atoms with Crippen LogP contribution < -0.4 is 15.0 Å². The predicted molar refractivity (Wildman–Crippen MR) is 155 cm³/mol. The van der Waals surface area contributed by atoms with Crippen molar-refractivity contribution in [1.29, 1.82) is 0 Å². The van der Waals surface area contributed by atoms with E-state index < -0.39 is 31.6 Å². The van der Waals surface area contributed by atoms with Gasteiger partial charge in [-0.1, -0.05) is 37.3 Å². The van der Waals surface area contributed by atoms with Crippen molar-refractivity contribution in [2.24, 2.45) is 5.92 Å². The van der Waals surface area contributed by atoms with Crippen LogP contribution in [0.1, 0.15) is 34.8 Å². The molecule has 7 nitrogen and oxygen atoms in total. The minimum Gasteiger partial charge on any atom is -0.497 e. The van der Waals surface area contributed by atoms with Gasteiger partial charge in [0.15, 0.2) is 5.60 Å². The van der Waals surface area contributed by atoms with Crippen molar-refractivity contribution in [2.45, 2.75) is 50.2 Å². The van der Waals surface area contributed by atoms with Crippen molar-refractivity contribution < 1.29 is 28.3 Å². The number of rotatable bonds is 8. The second-order valence-corrected chi connectivity index (χ2v) is 14.9. The number of nitrogens with one attached hydrogen (secondary N) is 1. The van der Waals surface area contributed by atoms with Crippen LogP contribution in [0.2, 0.25) is 18.6 Å². The quantitative estimate of drug-likeness (QED) is 0.274. The van der Waals surface area contributed by atoms with Gasteiger partial charge in [-0.25, -0.2) is 0 Å². The van der Waals surface area contributed by atoms with Gasteiger partial charge in [0.05, 0.1) is 25.4 Å². The summed E-state index contributed by atoms with van der Waals surface area (Å²) in [6.07, 6.45) is -0.261. The maximum Gasteiger partial charge on any atom is 0.264 e. The minimum atomic E-state index is -3.24. The van der Waals surface area contributed by atoms with Crippen LogP contribution in [0.4, 0.5) is 15.5 Å². The molecule has 3 aromatic rings. The van der Waals surface area contributed by atoms with Crippen LogP contribution in [0.15, 0.2) is 72.8 Å². The van der Waals surface area contributed by atoms with Gasteiger partial charge in [-0.2, -0.15) is 0 Å². The molecule has 1 saturated heterocycles. The number of hydrogen-bond donors (Lipinski definition) is 2. The van der Waals surface area contributed by atoms with E-state index in [1.54, 1.807) is 55.4 Å². The summed E-state index contributed by atoms with van der Waals surface area (Å²) in [4.78, 5) is 28.8. The Morgan fingerprint density at radius 3 is 2.52 bits per heavy atom. The van der Waals surface area contributed by atoms with Gasteiger partial charge < -0.3 is 28.9 Å². The Balaban J connectivity index is 1.42. The second kappa shape index (κ2) is 10.8. The molecule has 2 amide bonds. The van der Waals surface area contributed by atoms with E-state index in [1.165, 1.54) is 0 Å². The number of methoxy groups -OCH3 is 1. The van der Waals surface area contributed by atoms with E-state index in [9.17, 15) is 14.7 Å². The van der Waals surface area contributed by atoms with Crippen molar-refractivity contribution in [3.63, 3.8) is 0 Å². The fourth-order valence-electron chi connectivity index (χ4n) is 6.43. The number of fused-ring (bicyclic) bond motifs is 2. The highest BCUT2D eigenvalue weighted by Crippen LogP contribution is 2.60. The zero-order valence-electron chi connectivity index (χ0n) is 23.2. The Bertz CT molecular complexity index is 1410. The fraction of sp³-hybridized carbons (Fsp3) is 0.355. The average Bonchev–Trinajstić information content (AvgIpc) is 3.36. The normalized spacial score (nSPS) is 23.9. The molecule has 2 aliphatic rings. The summed E-state index contributed by atoms with van der Waals surface area (Å²) in [5.41, 5.74) is 1.64. The van der Waals surface area contributed by atoms with Crippen molar-refractivity contribution >= 4 is 31.6 Å². The number of carbonyl (C=O) groups is 2. The molecule has 0 aromatic heterocycles. The smallest absolute Gasteiger partial charge is 0.264 e. The molecule has 2 heterocycles. The van der Waals surface area contributed by atoms with E-state index >= 15 is 4.11 Å². The Labute approximate surface area is 235 Å². The van der Waals surface area contributed by atoms with Crippen LogP contribution >= 0.6 is 0 Å². The lowest BCUT2D eigenvalue weighted by Crippen LogP contribution is -2.45. The molecule has 1 fully saturated rings. The molecule has 3 aromatic carbocycles. The molecule has 5 rings (SSSR count). The van der Waals surface area contributed by atoms with Gasteiger partial charge in [-0.15, -0.1) is 0 Å². The van der Waals surface area contributed by atoms with Gasteiger partial charge in [0.1, 0.15) is 5.75 Å². The first-order valence-corrected chi connectivity index (χ1v) is 16.5. The maximum absolute atomic E-state index is 15.6. The first kappa shape index (κ1) is 28.0. The first-order valence-electron chi connectivity index (χ1n) is 13.5. The van der Waals surface area contributed by atoms with E-state index in [1.807, 2.05) is 49.4 Å². The second-order valence-electron chi connectivity index (χ2n) is 11.1. The Hall–Kier alpha value is -3.53. The highest BCUT2D eigenvalue weighted by molar-refractivity contribution is 6.72. The van der Waals surface area contributed by atoms with Crippen LogP contribution in [-0.4, -0.2) is 45.1 Å². The highest BCUT2D eigenvalue weighted by Gasteiger charge is 2.66. The molecule has 9 heteroatoms. The number of amides is 2. The Morgan fingerprint density at radius 2 is 1.85 bits per heavy atom. The van der Waals surface area contributed by atoms with Gasteiger partial charge in [0.2, 0.25) is 8.41 Å². The molecule has 1 spiro atoms. The lowest BCUT2D eigenvalue weighted by Gasteiger charge is -2.31. The third-order valence-electron chi connectivity index (χ3n) is 8.16. The summed E-state index contributed by atoms with van der Waals surface area (Å²) >= 11 is 0. The topological polar surface area (TPSA) is 88.1 Å². The number of aliphatic hydroxyl groups excluding tert-OH is 1. The van der Waals surface area contributed by atoms with E-state index in [0.29, 0.717) is 17.0 Å². The Kier molecular flexibility index (Phi) is 7.56. The average molecular weight is 563 g/mol. The molecule has 2 N–H and O–H groups in total. The van der Waals surface area contributed by atoms with E-state index in [0.717, 1.165) is 16.8 Å². The molecule has 0 radical (unpaired) electrons. The number of aliphatic hydroxyl groups is 1. The molecule has 0 bridgehead atoms. The highest BCUT2D eigenvalue weighted by atomic mass is 28.4. The zero-order valence-corrected chi connectivity index (χ0v) is 24.2. The third-order valence-corrected chi connectivity index (χ3v) is 10.6. The van der Waals surface area contributed by atoms with Gasteiger partial charge in [0.25, 0.3) is 11.8 Å². The molecule has 2 aliphatic heterocycles. The van der Waals surface area contributed by atoms with Crippen molar-refractivity contribution in [3.8, 4) is 5.75 Å². The number of hydrogen-bond acceptors (Lipinski definition) is 5. The Morgan fingerprint density at radius 1 is 1.12 bits per heavy atom. The molecular formula is C31H35FN2O5Si. The molecule has 210 valence electrons. The maximum atomic E-state index is 15.6. The first-order chi connectivity index (χ1) is 19.1. The largest absolute Gasteiger partial charge is 0.497 e. The fourth-order valence-corrected chi connectivity index (χ4v) is 8.97. The summed E-state index contributed by atoms with van der Waals surface area (Å²) in [5.74, 6) is -0.214. The summed E-state index contributed by atoms with van der Waals surface area (Å²) in [7, 11) is -1.67. The number of carbonyl (C=O) groups excluding carboxylic acids is 2. The summed E-state index contributed by atoms with van der Waals surface area (Å²) in [6, 6.07) is 21.7. The molecule has 0 saturated carbocycles. The number of nitrogens with zero attached hydrogens (tertiary/aromatic N) is 1. The van der Waals surface area contributed by atoms with Crippen LogP contribution in [0.25, 0.3) is 0 Å². The zero-order chi connectivity index (χ0) is 28.7. The van der Waals surface area contributed by atoms with Crippen LogP contribution in [-0.2, 0) is 21.7 Å². The monoisotopic (exact) mass is 562 g/mol. The van der Waals surface area contributed by atoms with E-state index in [-0.39, 0.29) is 31.4 Å². The lowest BCUT2D eigenvalue weighted by molar-refractivity contribution is -0.146. The van der Waals surface area contributed by atoms with E-state index in [2.05, 4.69) is 5.32 Å². The van der Waals surface area contributed by atoms with Gasteiger partial charge in [-0.3, -0.25) is 9.59 Å². The van der Waals surface area contributed by atoms with Crippen LogP contribution in [0, 0.1) is 5.92 Å². The van der Waals surface area contributed by atoms with Crippen molar-refractivity contribution in [3.05, 3.63) is 89.5 Å². The molecule has 0 aliphatic carbocycles. The number of anilines is 2. The minimum absolute atomic E-state index is 0.136.